The van der Waals surface area contributed by atoms with E-state index < -0.39 is 5.60 Å². The van der Waals surface area contributed by atoms with Gasteiger partial charge in [-0.15, -0.1) is 0 Å². The summed E-state index contributed by atoms with van der Waals surface area (Å²) in [5.41, 5.74) is 2.39. The lowest BCUT2D eigenvalue weighted by molar-refractivity contribution is -0.162. The largest absolute Gasteiger partial charge is 0.390 e. The molecule has 2 aliphatic heterocycles. The quantitative estimate of drug-likeness (QED) is 0.880. The van der Waals surface area contributed by atoms with Crippen molar-refractivity contribution >= 4 is 11.6 Å². The van der Waals surface area contributed by atoms with Gasteiger partial charge >= 0.3 is 0 Å². The third-order valence-electron chi connectivity index (χ3n) is 6.03. The van der Waals surface area contributed by atoms with Crippen LogP contribution in [-0.4, -0.2) is 60.1 Å². The molecule has 3 heterocycles. The number of piperidine rings is 1. The van der Waals surface area contributed by atoms with Crippen LogP contribution in [0.2, 0.25) is 0 Å². The van der Waals surface area contributed by atoms with Gasteiger partial charge < -0.3 is 19.6 Å². The average Bonchev–Trinajstić information content (AvgIpc) is 2.68. The van der Waals surface area contributed by atoms with Gasteiger partial charge in [-0.05, 0) is 44.4 Å². The number of aliphatic hydroxyl groups is 1. The molecule has 28 heavy (non-hydrogen) atoms. The Balaban J connectivity index is 1.47. The lowest BCUT2D eigenvalue weighted by Gasteiger charge is -2.48. The number of anilines is 2. The summed E-state index contributed by atoms with van der Waals surface area (Å²) in [6.45, 7) is 4.26. The van der Waals surface area contributed by atoms with Crippen LogP contribution in [0, 0.1) is 0 Å². The average molecular weight is 383 g/mol. The Bertz CT molecular complexity index is 812. The van der Waals surface area contributed by atoms with E-state index in [1.54, 1.807) is 0 Å². The summed E-state index contributed by atoms with van der Waals surface area (Å²) in [4.78, 5) is 13.6. The number of aromatic nitrogens is 2. The Morgan fingerprint density at radius 2 is 1.79 bits per heavy atom. The maximum absolute atomic E-state index is 10.5. The molecule has 0 saturated carbocycles. The summed E-state index contributed by atoms with van der Waals surface area (Å²) < 4.78 is 6.12. The zero-order valence-electron chi connectivity index (χ0n) is 17.1. The number of ether oxygens (including phenoxy) is 1. The Kier molecular flexibility index (Phi) is 5.02. The fourth-order valence-electron chi connectivity index (χ4n) is 4.35. The van der Waals surface area contributed by atoms with Gasteiger partial charge in [0.05, 0.1) is 23.5 Å². The normalized spacial score (nSPS) is 24.4. The molecule has 0 radical (unpaired) electrons. The van der Waals surface area contributed by atoms with E-state index in [4.69, 9.17) is 9.72 Å². The monoisotopic (exact) mass is 382 g/mol. The summed E-state index contributed by atoms with van der Waals surface area (Å²) in [5, 5.41) is 10.5. The fraction of sp³-hybridized carbons (Fsp3) is 0.545. The minimum atomic E-state index is -0.616. The molecule has 6 heteroatoms. The maximum atomic E-state index is 10.5. The molecule has 1 aromatic carbocycles. The maximum Gasteiger partial charge on any atom is 0.225 e. The van der Waals surface area contributed by atoms with Gasteiger partial charge in [0.25, 0.3) is 0 Å². The number of benzene rings is 1. The van der Waals surface area contributed by atoms with Gasteiger partial charge in [0, 0.05) is 51.1 Å². The Morgan fingerprint density at radius 3 is 2.43 bits per heavy atom. The van der Waals surface area contributed by atoms with E-state index in [0.717, 1.165) is 49.6 Å². The van der Waals surface area contributed by atoms with Gasteiger partial charge in [0.1, 0.15) is 0 Å². The van der Waals surface area contributed by atoms with Crippen molar-refractivity contribution in [3.63, 3.8) is 0 Å². The molecule has 1 N–H and O–H groups in total. The highest BCUT2D eigenvalue weighted by molar-refractivity contribution is 5.63. The molecule has 2 fully saturated rings. The highest BCUT2D eigenvalue weighted by Crippen LogP contribution is 2.39. The van der Waals surface area contributed by atoms with Gasteiger partial charge in [-0.1, -0.05) is 12.1 Å². The summed E-state index contributed by atoms with van der Waals surface area (Å²) in [5.74, 6) is 0.770. The Hall–Kier alpha value is -2.18. The van der Waals surface area contributed by atoms with Gasteiger partial charge in [0.2, 0.25) is 5.95 Å². The van der Waals surface area contributed by atoms with Gasteiger partial charge in [-0.25, -0.2) is 9.97 Å². The number of hydrogen-bond donors (Lipinski definition) is 1. The second-order valence-electron chi connectivity index (χ2n) is 8.63. The van der Waals surface area contributed by atoms with E-state index in [1.807, 2.05) is 33.3 Å². The number of nitrogens with zero attached hydrogens (tertiary/aromatic N) is 4. The Labute approximate surface area is 167 Å². The van der Waals surface area contributed by atoms with Crippen molar-refractivity contribution in [1.82, 2.24) is 9.97 Å². The van der Waals surface area contributed by atoms with Crippen LogP contribution in [-0.2, 0) is 4.74 Å². The van der Waals surface area contributed by atoms with Crippen molar-refractivity contribution in [3.05, 3.63) is 36.5 Å². The SMILES string of the molecule is CN(C)c1ccc(-c2ccnc(N3CCC4(CC3)CC(C)(O)CCO4)n2)cc1. The molecule has 0 amide bonds. The molecule has 0 aliphatic carbocycles. The Morgan fingerprint density at radius 1 is 1.07 bits per heavy atom. The lowest BCUT2D eigenvalue weighted by atomic mass is 9.78. The minimum absolute atomic E-state index is 0.197. The van der Waals surface area contributed by atoms with E-state index in [1.165, 1.54) is 5.69 Å². The number of hydrogen-bond acceptors (Lipinski definition) is 6. The van der Waals surface area contributed by atoms with Crippen molar-refractivity contribution in [1.29, 1.82) is 0 Å². The van der Waals surface area contributed by atoms with Crippen molar-refractivity contribution in [2.24, 2.45) is 0 Å². The lowest BCUT2D eigenvalue weighted by Crippen LogP contribution is -2.53. The first-order valence-corrected chi connectivity index (χ1v) is 10.1. The first-order valence-electron chi connectivity index (χ1n) is 10.1. The molecular formula is C22H30N4O2. The summed E-state index contributed by atoms with van der Waals surface area (Å²) >= 11 is 0. The van der Waals surface area contributed by atoms with Crippen molar-refractivity contribution in [2.75, 3.05) is 43.6 Å². The summed E-state index contributed by atoms with van der Waals surface area (Å²) in [6.07, 6.45) is 5.07. The predicted octanol–water partition coefficient (Wildman–Crippen LogP) is 3.11. The fourth-order valence-corrected chi connectivity index (χ4v) is 4.35. The molecule has 1 unspecified atom stereocenters. The zero-order chi connectivity index (χ0) is 19.8. The van der Waals surface area contributed by atoms with Crippen LogP contribution in [0.4, 0.5) is 11.6 Å². The molecule has 2 aliphatic rings. The van der Waals surface area contributed by atoms with E-state index >= 15 is 0 Å². The van der Waals surface area contributed by atoms with Crippen molar-refractivity contribution < 1.29 is 9.84 Å². The zero-order valence-corrected chi connectivity index (χ0v) is 17.1. The molecule has 1 aromatic heterocycles. The van der Waals surface area contributed by atoms with Crippen LogP contribution >= 0.6 is 0 Å². The topological polar surface area (TPSA) is 61.7 Å². The molecule has 2 saturated heterocycles. The van der Waals surface area contributed by atoms with E-state index in [9.17, 15) is 5.11 Å². The molecule has 1 atom stereocenters. The minimum Gasteiger partial charge on any atom is -0.390 e. The summed E-state index contributed by atoms with van der Waals surface area (Å²) in [6, 6.07) is 10.4. The van der Waals surface area contributed by atoms with Crippen molar-refractivity contribution in [3.8, 4) is 11.3 Å². The van der Waals surface area contributed by atoms with Crippen LogP contribution in [0.25, 0.3) is 11.3 Å². The van der Waals surface area contributed by atoms with Gasteiger partial charge in [0.15, 0.2) is 0 Å². The summed E-state index contributed by atoms with van der Waals surface area (Å²) in [7, 11) is 4.08. The third-order valence-corrected chi connectivity index (χ3v) is 6.03. The van der Waals surface area contributed by atoms with Crippen molar-refractivity contribution in [2.45, 2.75) is 43.8 Å². The van der Waals surface area contributed by atoms with E-state index in [-0.39, 0.29) is 5.60 Å². The molecule has 4 rings (SSSR count). The highest BCUT2D eigenvalue weighted by atomic mass is 16.5. The molecule has 150 valence electrons. The molecule has 1 spiro atoms. The first kappa shape index (κ1) is 19.2. The van der Waals surface area contributed by atoms with Crippen LogP contribution in [0.1, 0.15) is 32.6 Å². The standard InChI is InChI=1S/C22H30N4O2/c1-21(27)11-15-28-22(16-21)9-13-26(14-10-22)20-23-12-8-19(24-20)17-4-6-18(7-5-17)25(2)3/h4-8,12,27H,9-11,13-16H2,1-3H3. The van der Waals surface area contributed by atoms with Crippen LogP contribution in [0.5, 0.6) is 0 Å². The smallest absolute Gasteiger partial charge is 0.225 e. The van der Waals surface area contributed by atoms with Crippen LogP contribution < -0.4 is 9.80 Å². The molecule has 6 nitrogen and oxygen atoms in total. The second-order valence-corrected chi connectivity index (χ2v) is 8.63. The molecule has 2 aromatic rings. The molecule has 0 bridgehead atoms. The van der Waals surface area contributed by atoms with Crippen LogP contribution in [0.3, 0.4) is 0 Å². The van der Waals surface area contributed by atoms with Crippen LogP contribution in [0.15, 0.2) is 36.5 Å². The third kappa shape index (κ3) is 3.98. The van der Waals surface area contributed by atoms with E-state index in [0.29, 0.717) is 13.0 Å². The molecular weight excluding hydrogens is 352 g/mol. The second kappa shape index (κ2) is 7.33. The van der Waals surface area contributed by atoms with E-state index in [2.05, 4.69) is 39.0 Å². The highest BCUT2D eigenvalue weighted by Gasteiger charge is 2.44. The first-order chi connectivity index (χ1) is 13.4. The predicted molar refractivity (Wildman–Crippen MR) is 112 cm³/mol. The number of rotatable bonds is 3. The van der Waals surface area contributed by atoms with Gasteiger partial charge in [-0.3, -0.25) is 0 Å². The van der Waals surface area contributed by atoms with Gasteiger partial charge in [-0.2, -0.15) is 0 Å².